The number of benzene rings is 2. The molecule has 0 aliphatic heterocycles. The third-order valence-electron chi connectivity index (χ3n) is 3.43. The molecule has 1 aliphatic rings. The molecule has 0 bridgehead atoms. The number of carbonyl (C=O) groups is 2. The predicted molar refractivity (Wildman–Crippen MR) is 84.4 cm³/mol. The SMILES string of the molecule is NC=Nc1ccc2c(c1)C(=O)c1ccc(N=CN)cc1C2=O. The van der Waals surface area contributed by atoms with Gasteiger partial charge in [0.05, 0.1) is 24.1 Å². The van der Waals surface area contributed by atoms with Crippen molar-refractivity contribution < 1.29 is 9.59 Å². The molecule has 4 N–H and O–H groups in total. The van der Waals surface area contributed by atoms with E-state index in [9.17, 15) is 9.59 Å². The molecule has 0 fully saturated rings. The van der Waals surface area contributed by atoms with Gasteiger partial charge in [0.1, 0.15) is 0 Å². The maximum atomic E-state index is 12.6. The van der Waals surface area contributed by atoms with Crippen molar-refractivity contribution in [3.63, 3.8) is 0 Å². The molecular weight excluding hydrogens is 280 g/mol. The van der Waals surface area contributed by atoms with E-state index in [1.165, 1.54) is 0 Å². The van der Waals surface area contributed by atoms with Crippen LogP contribution in [0.2, 0.25) is 0 Å². The van der Waals surface area contributed by atoms with E-state index in [4.69, 9.17) is 11.5 Å². The molecule has 108 valence electrons. The normalized spacial score (nSPS) is 13.6. The molecule has 1 aliphatic carbocycles. The molecule has 0 spiro atoms. The molecule has 6 nitrogen and oxygen atoms in total. The van der Waals surface area contributed by atoms with Crippen molar-refractivity contribution in [3.05, 3.63) is 58.7 Å². The number of fused-ring (bicyclic) bond motifs is 2. The van der Waals surface area contributed by atoms with Crippen LogP contribution in [0.15, 0.2) is 46.4 Å². The Morgan fingerprint density at radius 1 is 0.682 bits per heavy atom. The zero-order valence-electron chi connectivity index (χ0n) is 11.5. The van der Waals surface area contributed by atoms with Crippen LogP contribution in [0.1, 0.15) is 31.8 Å². The maximum Gasteiger partial charge on any atom is 0.194 e. The lowest BCUT2D eigenvalue weighted by atomic mass is 9.83. The highest BCUT2D eigenvalue weighted by Crippen LogP contribution is 2.31. The molecule has 0 amide bonds. The molecule has 0 heterocycles. The average molecular weight is 292 g/mol. The van der Waals surface area contributed by atoms with E-state index in [2.05, 4.69) is 9.98 Å². The molecule has 22 heavy (non-hydrogen) atoms. The summed E-state index contributed by atoms with van der Waals surface area (Å²) in [4.78, 5) is 33.0. The number of hydrogen-bond acceptors (Lipinski definition) is 4. The largest absolute Gasteiger partial charge is 0.390 e. The Morgan fingerprint density at radius 2 is 1.09 bits per heavy atom. The predicted octanol–water partition coefficient (Wildman–Crippen LogP) is 1.70. The second-order valence-electron chi connectivity index (χ2n) is 4.67. The van der Waals surface area contributed by atoms with Crippen LogP contribution in [-0.4, -0.2) is 24.2 Å². The monoisotopic (exact) mass is 292 g/mol. The Hall–Kier alpha value is -3.28. The first-order chi connectivity index (χ1) is 10.7. The summed E-state index contributed by atoms with van der Waals surface area (Å²) in [5.41, 5.74) is 12.9. The summed E-state index contributed by atoms with van der Waals surface area (Å²) < 4.78 is 0. The van der Waals surface area contributed by atoms with Gasteiger partial charge < -0.3 is 11.5 Å². The second-order valence-corrected chi connectivity index (χ2v) is 4.67. The van der Waals surface area contributed by atoms with Crippen LogP contribution in [0, 0.1) is 0 Å². The van der Waals surface area contributed by atoms with Crippen molar-refractivity contribution in [1.29, 1.82) is 0 Å². The van der Waals surface area contributed by atoms with Gasteiger partial charge in [0.15, 0.2) is 11.6 Å². The van der Waals surface area contributed by atoms with Gasteiger partial charge in [-0.1, -0.05) is 0 Å². The summed E-state index contributed by atoms with van der Waals surface area (Å²) in [6.07, 6.45) is 2.28. The Bertz CT molecular complexity index is 782. The highest BCUT2D eigenvalue weighted by Gasteiger charge is 2.29. The van der Waals surface area contributed by atoms with Crippen LogP contribution in [0.4, 0.5) is 11.4 Å². The van der Waals surface area contributed by atoms with E-state index in [0.717, 1.165) is 12.7 Å². The summed E-state index contributed by atoms with van der Waals surface area (Å²) in [6, 6.07) is 9.57. The smallest absolute Gasteiger partial charge is 0.194 e. The summed E-state index contributed by atoms with van der Waals surface area (Å²) in [5, 5.41) is 0. The van der Waals surface area contributed by atoms with Crippen LogP contribution in [-0.2, 0) is 0 Å². The van der Waals surface area contributed by atoms with Crippen LogP contribution in [0.25, 0.3) is 0 Å². The van der Waals surface area contributed by atoms with Gasteiger partial charge in [0, 0.05) is 22.3 Å². The summed E-state index contributed by atoms with van der Waals surface area (Å²) in [5.74, 6) is -0.441. The number of hydrogen-bond donors (Lipinski definition) is 2. The number of rotatable bonds is 2. The van der Waals surface area contributed by atoms with Gasteiger partial charge in [-0.25, -0.2) is 9.98 Å². The molecule has 0 aromatic heterocycles. The number of ketones is 2. The van der Waals surface area contributed by atoms with Gasteiger partial charge >= 0.3 is 0 Å². The Morgan fingerprint density at radius 3 is 1.45 bits per heavy atom. The molecule has 0 saturated heterocycles. The topological polar surface area (TPSA) is 111 Å². The fourth-order valence-corrected chi connectivity index (χ4v) is 2.46. The van der Waals surface area contributed by atoms with Gasteiger partial charge in [-0.05, 0) is 36.4 Å². The van der Waals surface area contributed by atoms with Crippen LogP contribution in [0.3, 0.4) is 0 Å². The zero-order chi connectivity index (χ0) is 15.7. The molecule has 0 saturated carbocycles. The minimum Gasteiger partial charge on any atom is -0.390 e. The summed E-state index contributed by atoms with van der Waals surface area (Å²) >= 11 is 0. The molecule has 6 heteroatoms. The first-order valence-corrected chi connectivity index (χ1v) is 6.51. The number of carbonyl (C=O) groups excluding carboxylic acids is 2. The first-order valence-electron chi connectivity index (χ1n) is 6.51. The lowest BCUT2D eigenvalue weighted by Crippen LogP contribution is -2.20. The van der Waals surface area contributed by atoms with E-state index in [1.807, 2.05) is 0 Å². The van der Waals surface area contributed by atoms with E-state index in [1.54, 1.807) is 36.4 Å². The van der Waals surface area contributed by atoms with Crippen molar-refractivity contribution in [3.8, 4) is 0 Å². The fourth-order valence-electron chi connectivity index (χ4n) is 2.46. The molecule has 2 aromatic carbocycles. The van der Waals surface area contributed by atoms with Crippen LogP contribution in [0.5, 0.6) is 0 Å². The van der Waals surface area contributed by atoms with Gasteiger partial charge in [-0.3, -0.25) is 9.59 Å². The minimum atomic E-state index is -0.220. The van der Waals surface area contributed by atoms with Gasteiger partial charge in [0.25, 0.3) is 0 Å². The lowest BCUT2D eigenvalue weighted by molar-refractivity contribution is 0.0979. The maximum absolute atomic E-state index is 12.6. The number of nitrogens with two attached hydrogens (primary N) is 2. The molecule has 0 atom stereocenters. The Balaban J connectivity index is 2.18. The minimum absolute atomic E-state index is 0.220. The molecule has 3 rings (SSSR count). The molecule has 0 radical (unpaired) electrons. The molecule has 0 unspecified atom stereocenters. The highest BCUT2D eigenvalue weighted by molar-refractivity contribution is 6.28. The van der Waals surface area contributed by atoms with Crippen LogP contribution < -0.4 is 11.5 Å². The van der Waals surface area contributed by atoms with Crippen molar-refractivity contribution in [1.82, 2.24) is 0 Å². The third kappa shape index (κ3) is 2.07. The Labute approximate surface area is 126 Å². The second kappa shape index (κ2) is 5.25. The molecule has 2 aromatic rings. The van der Waals surface area contributed by atoms with Crippen molar-refractivity contribution in [2.45, 2.75) is 0 Å². The van der Waals surface area contributed by atoms with Crippen LogP contribution >= 0.6 is 0 Å². The van der Waals surface area contributed by atoms with Gasteiger partial charge in [-0.2, -0.15) is 0 Å². The molecular formula is C16H12N4O2. The van der Waals surface area contributed by atoms with Crippen molar-refractivity contribution >= 4 is 35.6 Å². The standard InChI is InChI=1S/C16H12N4O2/c17-7-19-9-1-3-11-13(5-9)16(22)12-4-2-10(20-8-18)6-14(12)15(11)21/h1-8H,(H2,17,19)(H2,18,20). The third-order valence-corrected chi connectivity index (χ3v) is 3.43. The quantitative estimate of drug-likeness (QED) is 0.553. The zero-order valence-corrected chi connectivity index (χ0v) is 11.5. The van der Waals surface area contributed by atoms with E-state index < -0.39 is 0 Å². The van der Waals surface area contributed by atoms with Crippen molar-refractivity contribution in [2.75, 3.05) is 0 Å². The van der Waals surface area contributed by atoms with E-state index in [0.29, 0.717) is 33.6 Å². The number of aliphatic imine (C=N–C) groups is 2. The lowest BCUT2D eigenvalue weighted by Gasteiger charge is -2.17. The van der Waals surface area contributed by atoms with E-state index >= 15 is 0 Å². The average Bonchev–Trinajstić information content (AvgIpc) is 2.53. The van der Waals surface area contributed by atoms with E-state index in [-0.39, 0.29) is 11.6 Å². The van der Waals surface area contributed by atoms with Crippen molar-refractivity contribution in [2.24, 2.45) is 21.5 Å². The van der Waals surface area contributed by atoms with Gasteiger partial charge in [-0.15, -0.1) is 0 Å². The summed E-state index contributed by atoms with van der Waals surface area (Å²) in [7, 11) is 0. The number of nitrogens with zero attached hydrogens (tertiary/aromatic N) is 2. The highest BCUT2D eigenvalue weighted by atomic mass is 16.1. The summed E-state index contributed by atoms with van der Waals surface area (Å²) in [6.45, 7) is 0. The fraction of sp³-hybridized carbons (Fsp3) is 0. The van der Waals surface area contributed by atoms with Gasteiger partial charge in [0.2, 0.25) is 0 Å². The Kier molecular flexibility index (Phi) is 3.27. The first kappa shape index (κ1) is 13.7.